The number of halogens is 2. The number of hydrogen-bond acceptors (Lipinski definition) is 3. The fourth-order valence-electron chi connectivity index (χ4n) is 2.08. The summed E-state index contributed by atoms with van der Waals surface area (Å²) in [4.78, 5) is 10.8. The molecule has 4 nitrogen and oxygen atoms in total. The van der Waals surface area contributed by atoms with Crippen molar-refractivity contribution in [3.8, 4) is 11.5 Å². The average Bonchev–Trinajstić information content (AvgIpc) is 2.42. The molecule has 0 fully saturated rings. The van der Waals surface area contributed by atoms with E-state index in [0.29, 0.717) is 21.9 Å². The Morgan fingerprint density at radius 2 is 1.95 bits per heavy atom. The summed E-state index contributed by atoms with van der Waals surface area (Å²) >= 11 is 12.0. The minimum Gasteiger partial charge on any atom is -0.448 e. The molecule has 0 aliphatic carbocycles. The number of rotatable bonds is 4. The van der Waals surface area contributed by atoms with Gasteiger partial charge in [0.2, 0.25) is 5.75 Å². The molecule has 0 aromatic heterocycles. The summed E-state index contributed by atoms with van der Waals surface area (Å²) < 4.78 is 5.75. The molecule has 2 aromatic carbocycles. The van der Waals surface area contributed by atoms with Crippen molar-refractivity contribution >= 4 is 28.9 Å². The number of benzene rings is 2. The van der Waals surface area contributed by atoms with Gasteiger partial charge in [0.05, 0.1) is 15.8 Å². The molecule has 0 bridgehead atoms. The Bertz CT molecular complexity index is 702. The molecule has 0 unspecified atom stereocenters. The molecule has 2 aromatic rings. The van der Waals surface area contributed by atoms with Crippen LogP contribution in [0.2, 0.25) is 5.02 Å². The van der Waals surface area contributed by atoms with Gasteiger partial charge in [0.1, 0.15) is 0 Å². The summed E-state index contributed by atoms with van der Waals surface area (Å²) in [5.41, 5.74) is 2.05. The second-order valence-corrected chi connectivity index (χ2v) is 5.33. The molecule has 0 amide bonds. The maximum atomic E-state index is 11.2. The third-order valence-corrected chi connectivity index (χ3v) is 3.58. The number of nitro benzene ring substituents is 1. The summed E-state index contributed by atoms with van der Waals surface area (Å²) in [7, 11) is 0. The van der Waals surface area contributed by atoms with E-state index in [2.05, 4.69) is 0 Å². The van der Waals surface area contributed by atoms with E-state index >= 15 is 0 Å². The normalized spacial score (nSPS) is 10.5. The van der Waals surface area contributed by atoms with Gasteiger partial charge in [-0.3, -0.25) is 10.1 Å². The van der Waals surface area contributed by atoms with Crippen LogP contribution in [0.25, 0.3) is 0 Å². The van der Waals surface area contributed by atoms with E-state index in [-0.39, 0.29) is 17.3 Å². The molecule has 110 valence electrons. The predicted octanol–water partition coefficient (Wildman–Crippen LogP) is 5.40. The number of nitrogens with zero attached hydrogens (tertiary/aromatic N) is 1. The number of aryl methyl sites for hydroxylation is 2. The second-order valence-electron chi connectivity index (χ2n) is 4.65. The minimum atomic E-state index is -0.466. The van der Waals surface area contributed by atoms with Crippen LogP contribution >= 0.6 is 23.2 Å². The maximum Gasteiger partial charge on any atom is 0.312 e. The molecule has 0 aliphatic heterocycles. The van der Waals surface area contributed by atoms with Gasteiger partial charge in [0, 0.05) is 11.6 Å². The monoisotopic (exact) mass is 325 g/mol. The van der Waals surface area contributed by atoms with Crippen molar-refractivity contribution in [1.82, 2.24) is 0 Å². The molecule has 2 rings (SSSR count). The Labute approximate surface area is 132 Å². The number of alkyl halides is 1. The van der Waals surface area contributed by atoms with E-state index in [1.165, 1.54) is 6.07 Å². The van der Waals surface area contributed by atoms with Crippen molar-refractivity contribution in [3.05, 3.63) is 62.2 Å². The highest BCUT2D eigenvalue weighted by Gasteiger charge is 2.21. The van der Waals surface area contributed by atoms with Crippen LogP contribution in [0.5, 0.6) is 11.5 Å². The fourth-order valence-corrected chi connectivity index (χ4v) is 2.52. The maximum absolute atomic E-state index is 11.2. The van der Waals surface area contributed by atoms with Crippen LogP contribution < -0.4 is 4.74 Å². The van der Waals surface area contributed by atoms with Gasteiger partial charge in [0.25, 0.3) is 0 Å². The SMILES string of the molecule is Cc1cc(C)c(Oc2c(Cl)cccc2CCl)c([N+](=O)[O-])c1. The lowest BCUT2D eigenvalue weighted by Gasteiger charge is -2.14. The summed E-state index contributed by atoms with van der Waals surface area (Å²) in [6, 6.07) is 8.47. The first kappa shape index (κ1) is 15.6. The topological polar surface area (TPSA) is 52.4 Å². The van der Waals surface area contributed by atoms with Gasteiger partial charge in [-0.1, -0.05) is 29.8 Å². The highest BCUT2D eigenvalue weighted by Crippen LogP contribution is 2.40. The molecule has 21 heavy (non-hydrogen) atoms. The molecule has 0 saturated heterocycles. The van der Waals surface area contributed by atoms with Crippen LogP contribution in [0, 0.1) is 24.0 Å². The average molecular weight is 326 g/mol. The first-order valence-electron chi connectivity index (χ1n) is 6.21. The van der Waals surface area contributed by atoms with E-state index in [1.807, 2.05) is 6.07 Å². The van der Waals surface area contributed by atoms with Crippen LogP contribution in [0.3, 0.4) is 0 Å². The van der Waals surface area contributed by atoms with Crippen LogP contribution in [-0.2, 0) is 5.88 Å². The first-order valence-corrected chi connectivity index (χ1v) is 7.12. The smallest absolute Gasteiger partial charge is 0.312 e. The molecule has 0 radical (unpaired) electrons. The van der Waals surface area contributed by atoms with Crippen molar-refractivity contribution in [2.75, 3.05) is 0 Å². The Morgan fingerprint density at radius 3 is 2.57 bits per heavy atom. The molecule has 0 aliphatic rings. The van der Waals surface area contributed by atoms with E-state index in [4.69, 9.17) is 27.9 Å². The molecule has 0 heterocycles. The molecule has 0 atom stereocenters. The highest BCUT2D eigenvalue weighted by molar-refractivity contribution is 6.32. The molecule has 0 N–H and O–H groups in total. The second kappa shape index (κ2) is 6.33. The third-order valence-electron chi connectivity index (χ3n) is 2.99. The Balaban J connectivity index is 2.57. The van der Waals surface area contributed by atoms with Crippen molar-refractivity contribution < 1.29 is 9.66 Å². The molecular formula is C15H13Cl2NO3. The van der Waals surface area contributed by atoms with Gasteiger partial charge in [-0.2, -0.15) is 0 Å². The van der Waals surface area contributed by atoms with E-state index in [9.17, 15) is 10.1 Å². The molecular weight excluding hydrogens is 313 g/mol. The van der Waals surface area contributed by atoms with Crippen molar-refractivity contribution in [3.63, 3.8) is 0 Å². The standard InChI is InChI=1S/C15H13Cl2NO3/c1-9-6-10(2)14(13(7-9)18(19)20)21-15-11(8-16)4-3-5-12(15)17/h3-7H,8H2,1-2H3. The zero-order valence-corrected chi connectivity index (χ0v) is 13.0. The summed E-state index contributed by atoms with van der Waals surface area (Å²) in [6.07, 6.45) is 0. The lowest BCUT2D eigenvalue weighted by molar-refractivity contribution is -0.385. The van der Waals surface area contributed by atoms with Gasteiger partial charge >= 0.3 is 5.69 Å². The van der Waals surface area contributed by atoms with Crippen molar-refractivity contribution in [1.29, 1.82) is 0 Å². The van der Waals surface area contributed by atoms with Crippen LogP contribution in [0.4, 0.5) is 5.69 Å². The molecule has 0 saturated carbocycles. The Hall–Kier alpha value is -1.78. The van der Waals surface area contributed by atoms with Gasteiger partial charge in [-0.25, -0.2) is 0 Å². The zero-order valence-electron chi connectivity index (χ0n) is 11.5. The van der Waals surface area contributed by atoms with E-state index < -0.39 is 4.92 Å². The van der Waals surface area contributed by atoms with Crippen LogP contribution in [-0.4, -0.2) is 4.92 Å². The van der Waals surface area contributed by atoms with Crippen LogP contribution in [0.1, 0.15) is 16.7 Å². The highest BCUT2D eigenvalue weighted by atomic mass is 35.5. The minimum absolute atomic E-state index is 0.0899. The first-order chi connectivity index (χ1) is 9.93. The van der Waals surface area contributed by atoms with Crippen molar-refractivity contribution in [2.24, 2.45) is 0 Å². The number of nitro groups is 1. The molecule has 6 heteroatoms. The van der Waals surface area contributed by atoms with E-state index in [0.717, 1.165) is 5.56 Å². The summed E-state index contributed by atoms with van der Waals surface area (Å²) in [5.74, 6) is 0.739. The number of para-hydroxylation sites is 1. The number of hydrogen-bond donors (Lipinski definition) is 0. The fraction of sp³-hybridized carbons (Fsp3) is 0.200. The number of ether oxygens (including phenoxy) is 1. The zero-order chi connectivity index (χ0) is 15.6. The van der Waals surface area contributed by atoms with E-state index in [1.54, 1.807) is 32.0 Å². The van der Waals surface area contributed by atoms with Gasteiger partial charge in [-0.05, 0) is 31.0 Å². The lowest BCUT2D eigenvalue weighted by Crippen LogP contribution is -1.98. The van der Waals surface area contributed by atoms with Crippen LogP contribution in [0.15, 0.2) is 30.3 Å². The van der Waals surface area contributed by atoms with Gasteiger partial charge in [0.15, 0.2) is 5.75 Å². The quantitative estimate of drug-likeness (QED) is 0.430. The lowest BCUT2D eigenvalue weighted by atomic mass is 10.1. The predicted molar refractivity (Wildman–Crippen MR) is 83.7 cm³/mol. The third kappa shape index (κ3) is 3.28. The summed E-state index contributed by atoms with van der Waals surface area (Å²) in [6.45, 7) is 3.55. The Kier molecular flexibility index (Phi) is 4.70. The van der Waals surface area contributed by atoms with Crippen molar-refractivity contribution in [2.45, 2.75) is 19.7 Å². The summed E-state index contributed by atoms with van der Waals surface area (Å²) in [5, 5.41) is 11.6. The van der Waals surface area contributed by atoms with Gasteiger partial charge in [-0.15, -0.1) is 11.6 Å². The largest absolute Gasteiger partial charge is 0.448 e. The molecule has 0 spiro atoms. The Morgan fingerprint density at radius 1 is 1.24 bits per heavy atom. The van der Waals surface area contributed by atoms with Gasteiger partial charge < -0.3 is 4.74 Å².